The van der Waals surface area contributed by atoms with Crippen LogP contribution in [0, 0.1) is 5.92 Å². The molecule has 1 aliphatic carbocycles. The van der Waals surface area contributed by atoms with Crippen molar-refractivity contribution in [1.29, 1.82) is 0 Å². The molecule has 0 aromatic heterocycles. The molecule has 0 heterocycles. The Labute approximate surface area is 104 Å². The Morgan fingerprint density at radius 1 is 1.35 bits per heavy atom. The Morgan fingerprint density at radius 2 is 2.18 bits per heavy atom. The number of aryl methyl sites for hydroxylation is 1. The highest BCUT2D eigenvalue weighted by molar-refractivity contribution is 5.28. The van der Waals surface area contributed by atoms with Crippen LogP contribution in [0.25, 0.3) is 0 Å². The van der Waals surface area contributed by atoms with Gasteiger partial charge in [0.15, 0.2) is 0 Å². The van der Waals surface area contributed by atoms with Gasteiger partial charge in [-0.3, -0.25) is 0 Å². The summed E-state index contributed by atoms with van der Waals surface area (Å²) in [6, 6.07) is 8.55. The molecule has 1 aromatic carbocycles. The van der Waals surface area contributed by atoms with E-state index in [0.717, 1.165) is 30.9 Å². The van der Waals surface area contributed by atoms with Crippen LogP contribution in [0.15, 0.2) is 24.3 Å². The molecular formula is C15H23NO. The van der Waals surface area contributed by atoms with E-state index in [1.807, 2.05) is 6.07 Å². The molecular weight excluding hydrogens is 210 g/mol. The van der Waals surface area contributed by atoms with Gasteiger partial charge in [0.25, 0.3) is 0 Å². The van der Waals surface area contributed by atoms with Crippen LogP contribution in [0.5, 0.6) is 5.75 Å². The van der Waals surface area contributed by atoms with Gasteiger partial charge in [-0.15, -0.1) is 0 Å². The van der Waals surface area contributed by atoms with Gasteiger partial charge < -0.3 is 10.5 Å². The first-order valence-electron chi connectivity index (χ1n) is 6.70. The molecule has 1 aromatic rings. The van der Waals surface area contributed by atoms with Gasteiger partial charge >= 0.3 is 0 Å². The molecule has 2 rings (SSSR count). The minimum atomic E-state index is 0.186. The van der Waals surface area contributed by atoms with Gasteiger partial charge in [-0.2, -0.15) is 0 Å². The van der Waals surface area contributed by atoms with Crippen molar-refractivity contribution >= 4 is 0 Å². The monoisotopic (exact) mass is 233 g/mol. The first-order valence-corrected chi connectivity index (χ1v) is 6.70. The summed E-state index contributed by atoms with van der Waals surface area (Å²) in [4.78, 5) is 0. The summed E-state index contributed by atoms with van der Waals surface area (Å²) in [5.41, 5.74) is 7.45. The molecule has 1 fully saturated rings. The van der Waals surface area contributed by atoms with E-state index >= 15 is 0 Å². The third kappa shape index (κ3) is 3.22. The maximum Gasteiger partial charge on any atom is 0.120 e. The van der Waals surface area contributed by atoms with E-state index in [0.29, 0.717) is 0 Å². The predicted molar refractivity (Wildman–Crippen MR) is 71.2 cm³/mol. The lowest BCUT2D eigenvalue weighted by Gasteiger charge is -2.32. The van der Waals surface area contributed by atoms with Crippen LogP contribution in [-0.2, 0) is 6.42 Å². The topological polar surface area (TPSA) is 35.2 Å². The van der Waals surface area contributed by atoms with E-state index in [4.69, 9.17) is 10.5 Å². The van der Waals surface area contributed by atoms with Crippen LogP contribution >= 0.6 is 0 Å². The normalized spacial score (nSPS) is 29.0. The summed E-state index contributed by atoms with van der Waals surface area (Å²) in [7, 11) is 0. The fourth-order valence-electron chi connectivity index (χ4n) is 2.50. The van der Waals surface area contributed by atoms with Gasteiger partial charge in [-0.25, -0.2) is 0 Å². The maximum absolute atomic E-state index is 6.13. The summed E-state index contributed by atoms with van der Waals surface area (Å²) in [6.45, 7) is 4.44. The van der Waals surface area contributed by atoms with Gasteiger partial charge in [0, 0.05) is 6.04 Å². The SMILES string of the molecule is CCc1cccc(OC2CC(C)CCC2N)c1. The second-order valence-electron chi connectivity index (χ2n) is 5.24. The van der Waals surface area contributed by atoms with E-state index < -0.39 is 0 Å². The minimum Gasteiger partial charge on any atom is -0.489 e. The van der Waals surface area contributed by atoms with Gasteiger partial charge in [0.05, 0.1) is 0 Å². The zero-order chi connectivity index (χ0) is 12.3. The minimum absolute atomic E-state index is 0.186. The van der Waals surface area contributed by atoms with Gasteiger partial charge in [0.2, 0.25) is 0 Å². The molecule has 0 saturated heterocycles. The van der Waals surface area contributed by atoms with E-state index in [1.165, 1.54) is 12.0 Å². The third-order valence-electron chi connectivity index (χ3n) is 3.70. The van der Waals surface area contributed by atoms with E-state index in [-0.39, 0.29) is 12.1 Å². The standard InChI is InChI=1S/C15H23NO/c1-3-12-5-4-6-13(10-12)17-15-9-11(2)7-8-14(15)16/h4-6,10-11,14-15H,3,7-9,16H2,1-2H3. The highest BCUT2D eigenvalue weighted by Gasteiger charge is 2.27. The van der Waals surface area contributed by atoms with Crippen molar-refractivity contribution in [1.82, 2.24) is 0 Å². The molecule has 3 atom stereocenters. The maximum atomic E-state index is 6.13. The third-order valence-corrected chi connectivity index (χ3v) is 3.70. The van der Waals surface area contributed by atoms with Crippen molar-refractivity contribution < 1.29 is 4.74 Å². The Balaban J connectivity index is 2.03. The highest BCUT2D eigenvalue weighted by Crippen LogP contribution is 2.27. The van der Waals surface area contributed by atoms with Crippen LogP contribution in [0.1, 0.15) is 38.7 Å². The fourth-order valence-corrected chi connectivity index (χ4v) is 2.50. The van der Waals surface area contributed by atoms with E-state index in [9.17, 15) is 0 Å². The van der Waals surface area contributed by atoms with Crippen LogP contribution < -0.4 is 10.5 Å². The van der Waals surface area contributed by atoms with Gasteiger partial charge in [-0.05, 0) is 49.3 Å². The molecule has 0 bridgehead atoms. The number of hydrogen-bond acceptors (Lipinski definition) is 2. The van der Waals surface area contributed by atoms with Crippen LogP contribution in [0.4, 0.5) is 0 Å². The number of hydrogen-bond donors (Lipinski definition) is 1. The van der Waals surface area contributed by atoms with Crippen molar-refractivity contribution in [2.75, 3.05) is 0 Å². The molecule has 0 amide bonds. The molecule has 2 nitrogen and oxygen atoms in total. The molecule has 94 valence electrons. The average Bonchev–Trinajstić information content (AvgIpc) is 2.34. The Morgan fingerprint density at radius 3 is 2.94 bits per heavy atom. The molecule has 17 heavy (non-hydrogen) atoms. The van der Waals surface area contributed by atoms with Crippen LogP contribution in [0.3, 0.4) is 0 Å². The molecule has 1 saturated carbocycles. The zero-order valence-electron chi connectivity index (χ0n) is 10.9. The molecule has 2 heteroatoms. The molecule has 2 N–H and O–H groups in total. The van der Waals surface area contributed by atoms with Crippen molar-refractivity contribution in [3.8, 4) is 5.75 Å². The fraction of sp³-hybridized carbons (Fsp3) is 0.600. The number of rotatable bonds is 3. The number of nitrogens with two attached hydrogens (primary N) is 1. The molecule has 0 aliphatic heterocycles. The Kier molecular flexibility index (Phi) is 4.06. The summed E-state index contributed by atoms with van der Waals surface area (Å²) >= 11 is 0. The first kappa shape index (κ1) is 12.4. The van der Waals surface area contributed by atoms with Gasteiger partial charge in [0.1, 0.15) is 11.9 Å². The molecule has 1 aliphatic rings. The van der Waals surface area contributed by atoms with E-state index in [2.05, 4.69) is 32.0 Å². The van der Waals surface area contributed by atoms with Crippen molar-refractivity contribution in [2.45, 2.75) is 51.7 Å². The highest BCUT2D eigenvalue weighted by atomic mass is 16.5. The quantitative estimate of drug-likeness (QED) is 0.870. The average molecular weight is 233 g/mol. The van der Waals surface area contributed by atoms with Crippen molar-refractivity contribution in [2.24, 2.45) is 11.7 Å². The predicted octanol–water partition coefficient (Wildman–Crippen LogP) is 3.14. The van der Waals surface area contributed by atoms with Crippen molar-refractivity contribution in [3.63, 3.8) is 0 Å². The zero-order valence-corrected chi connectivity index (χ0v) is 10.9. The molecule has 0 radical (unpaired) electrons. The summed E-state index contributed by atoms with van der Waals surface area (Å²) in [5.74, 6) is 1.70. The summed E-state index contributed by atoms with van der Waals surface area (Å²) < 4.78 is 6.06. The first-order chi connectivity index (χ1) is 8.19. The number of benzene rings is 1. The Hall–Kier alpha value is -1.02. The Bertz CT molecular complexity index is 364. The van der Waals surface area contributed by atoms with Gasteiger partial charge in [-0.1, -0.05) is 26.0 Å². The molecule has 0 spiro atoms. The number of ether oxygens (including phenoxy) is 1. The summed E-state index contributed by atoms with van der Waals surface area (Å²) in [6.07, 6.45) is 4.63. The lowest BCUT2D eigenvalue weighted by atomic mass is 9.85. The van der Waals surface area contributed by atoms with Crippen molar-refractivity contribution in [3.05, 3.63) is 29.8 Å². The van der Waals surface area contributed by atoms with E-state index in [1.54, 1.807) is 0 Å². The summed E-state index contributed by atoms with van der Waals surface area (Å²) in [5, 5.41) is 0. The van der Waals surface area contributed by atoms with Crippen LogP contribution in [0.2, 0.25) is 0 Å². The lowest BCUT2D eigenvalue weighted by molar-refractivity contribution is 0.108. The lowest BCUT2D eigenvalue weighted by Crippen LogP contribution is -2.43. The second-order valence-corrected chi connectivity index (χ2v) is 5.24. The largest absolute Gasteiger partial charge is 0.489 e. The smallest absolute Gasteiger partial charge is 0.120 e. The molecule has 3 unspecified atom stereocenters. The van der Waals surface area contributed by atoms with Crippen LogP contribution in [-0.4, -0.2) is 12.1 Å². The second kappa shape index (κ2) is 5.54.